The Hall–Kier alpha value is -2.26. The van der Waals surface area contributed by atoms with Crippen LogP contribution in [0.1, 0.15) is 0 Å². The number of carbonyl (C=O) groups excluding carboxylic acids is 1. The lowest BCUT2D eigenvalue weighted by Gasteiger charge is -2.34. The summed E-state index contributed by atoms with van der Waals surface area (Å²) in [5.41, 5.74) is 0.820. The number of amides is 1. The average Bonchev–Trinajstić information content (AvgIpc) is 2.75. The Balaban J connectivity index is 1.66. The lowest BCUT2D eigenvalue weighted by Crippen LogP contribution is -2.48. The van der Waals surface area contributed by atoms with Crippen LogP contribution < -0.4 is 14.4 Å². The normalized spacial score (nSPS) is 15.7. The smallest absolute Gasteiger partial charge is 0.267 e. The summed E-state index contributed by atoms with van der Waals surface area (Å²) in [6.45, 7) is -0.196. The third-order valence-corrected chi connectivity index (χ3v) is 7.89. The van der Waals surface area contributed by atoms with Gasteiger partial charge in [0.15, 0.2) is 6.10 Å². The van der Waals surface area contributed by atoms with Crippen molar-refractivity contribution in [2.45, 2.75) is 11.0 Å². The van der Waals surface area contributed by atoms with E-state index in [1.807, 2.05) is 0 Å². The number of hydrogen-bond donors (Lipinski definition) is 1. The van der Waals surface area contributed by atoms with E-state index in [1.54, 1.807) is 42.5 Å². The number of rotatable bonds is 4. The van der Waals surface area contributed by atoms with Gasteiger partial charge in [0.2, 0.25) is 0 Å². The van der Waals surface area contributed by atoms with Crippen LogP contribution in [-0.2, 0) is 14.8 Å². The van der Waals surface area contributed by atoms with E-state index in [0.29, 0.717) is 31.6 Å². The van der Waals surface area contributed by atoms with Crippen LogP contribution in [-0.4, -0.2) is 27.0 Å². The molecule has 1 aliphatic rings. The first-order chi connectivity index (χ1) is 14.8. The second-order valence-corrected chi connectivity index (χ2v) is 10.2. The van der Waals surface area contributed by atoms with Gasteiger partial charge in [-0.3, -0.25) is 9.10 Å². The summed E-state index contributed by atoms with van der Waals surface area (Å²) >= 11 is 15.3. The van der Waals surface area contributed by atoms with Gasteiger partial charge >= 0.3 is 0 Å². The molecule has 31 heavy (non-hydrogen) atoms. The Kier molecular flexibility index (Phi) is 6.16. The van der Waals surface area contributed by atoms with Crippen molar-refractivity contribution in [2.75, 3.05) is 16.2 Å². The molecule has 0 spiro atoms. The number of anilines is 2. The largest absolute Gasteiger partial charge is 0.476 e. The van der Waals surface area contributed by atoms with E-state index >= 15 is 0 Å². The zero-order valence-electron chi connectivity index (χ0n) is 15.8. The zero-order valence-corrected chi connectivity index (χ0v) is 19.7. The third-order valence-electron chi connectivity index (χ3n) is 4.62. The van der Waals surface area contributed by atoms with Crippen LogP contribution in [0, 0.1) is 0 Å². The monoisotopic (exact) mass is 540 g/mol. The van der Waals surface area contributed by atoms with E-state index in [1.165, 1.54) is 28.6 Å². The molecular formula is C21H15BrCl2N2O4S. The van der Waals surface area contributed by atoms with Crippen molar-refractivity contribution in [1.29, 1.82) is 0 Å². The molecule has 0 radical (unpaired) electrons. The number of benzene rings is 3. The van der Waals surface area contributed by atoms with Crippen molar-refractivity contribution < 1.29 is 17.9 Å². The van der Waals surface area contributed by atoms with Crippen LogP contribution >= 0.6 is 39.1 Å². The number of fused-ring (bicyclic) bond motifs is 1. The Bertz CT molecular complexity index is 1250. The standard InChI is InChI=1S/C21H15BrCl2N2O4S/c22-16-10-7-14(11-17(16)24)25-21(27)20-12-26(18-3-1-2-4-19(18)30-20)31(28,29)15-8-5-13(23)6-9-15/h1-11,20H,12H2,(H,25,27). The van der Waals surface area contributed by atoms with Crippen LogP contribution in [0.4, 0.5) is 11.4 Å². The SMILES string of the molecule is O=C(Nc1ccc(Br)c(Cl)c1)C1CN(S(=O)(=O)c2ccc(Cl)cc2)c2ccccc2O1. The topological polar surface area (TPSA) is 75.7 Å². The summed E-state index contributed by atoms with van der Waals surface area (Å²) in [7, 11) is -3.96. The van der Waals surface area contributed by atoms with Gasteiger partial charge in [-0.2, -0.15) is 0 Å². The van der Waals surface area contributed by atoms with Crippen molar-refractivity contribution in [3.8, 4) is 5.75 Å². The number of sulfonamides is 1. The highest BCUT2D eigenvalue weighted by Crippen LogP contribution is 2.37. The number of hydrogen-bond acceptors (Lipinski definition) is 4. The van der Waals surface area contributed by atoms with Gasteiger partial charge in [-0.1, -0.05) is 35.3 Å². The first-order valence-corrected chi connectivity index (χ1v) is 12.0. The Morgan fingerprint density at radius 1 is 1.06 bits per heavy atom. The molecule has 4 rings (SSSR count). The molecule has 3 aromatic carbocycles. The predicted molar refractivity (Wildman–Crippen MR) is 125 cm³/mol. The number of halogens is 3. The number of nitrogens with one attached hydrogen (secondary N) is 1. The van der Waals surface area contributed by atoms with Gasteiger partial charge in [0.25, 0.3) is 15.9 Å². The van der Waals surface area contributed by atoms with E-state index in [9.17, 15) is 13.2 Å². The minimum Gasteiger partial charge on any atom is -0.476 e. The van der Waals surface area contributed by atoms with Crippen molar-refractivity contribution in [3.05, 3.63) is 81.2 Å². The summed E-state index contributed by atoms with van der Waals surface area (Å²) in [6.07, 6.45) is -1.07. The van der Waals surface area contributed by atoms with Gasteiger partial charge < -0.3 is 10.1 Å². The summed E-state index contributed by atoms with van der Waals surface area (Å²) in [5.74, 6) is -0.204. The summed E-state index contributed by atoms with van der Waals surface area (Å²) in [4.78, 5) is 13.0. The van der Waals surface area contributed by atoms with E-state index < -0.39 is 22.0 Å². The maximum absolute atomic E-state index is 13.3. The van der Waals surface area contributed by atoms with Gasteiger partial charge in [0, 0.05) is 15.2 Å². The fourth-order valence-corrected chi connectivity index (χ4v) is 5.13. The zero-order chi connectivity index (χ0) is 22.2. The molecule has 0 aliphatic carbocycles. The molecule has 160 valence electrons. The molecule has 1 amide bonds. The molecule has 0 saturated heterocycles. The molecule has 6 nitrogen and oxygen atoms in total. The molecule has 0 fully saturated rings. The Labute approximate surface area is 197 Å². The first-order valence-electron chi connectivity index (χ1n) is 9.05. The van der Waals surface area contributed by atoms with E-state index in [4.69, 9.17) is 27.9 Å². The highest BCUT2D eigenvalue weighted by Gasteiger charge is 2.37. The summed E-state index contributed by atoms with van der Waals surface area (Å²) in [6, 6.07) is 17.5. The molecule has 3 aromatic rings. The number of carbonyl (C=O) groups is 1. The minimum atomic E-state index is -3.96. The Morgan fingerprint density at radius 2 is 1.77 bits per heavy atom. The maximum Gasteiger partial charge on any atom is 0.267 e. The molecular weight excluding hydrogens is 527 g/mol. The van der Waals surface area contributed by atoms with Crippen LogP contribution in [0.15, 0.2) is 76.1 Å². The molecule has 0 aromatic heterocycles. The third kappa shape index (κ3) is 4.52. The average molecular weight is 542 g/mol. The van der Waals surface area contributed by atoms with Crippen LogP contribution in [0.25, 0.3) is 0 Å². The van der Waals surface area contributed by atoms with Crippen molar-refractivity contribution in [2.24, 2.45) is 0 Å². The van der Waals surface area contributed by atoms with Gasteiger partial charge in [-0.25, -0.2) is 8.42 Å². The predicted octanol–water partition coefficient (Wildman–Crippen LogP) is 5.35. The lowest BCUT2D eigenvalue weighted by atomic mass is 10.2. The highest BCUT2D eigenvalue weighted by molar-refractivity contribution is 9.10. The van der Waals surface area contributed by atoms with Crippen LogP contribution in [0.3, 0.4) is 0 Å². The van der Waals surface area contributed by atoms with Gasteiger partial charge in [0.05, 0.1) is 22.2 Å². The van der Waals surface area contributed by atoms with Crippen molar-refractivity contribution in [1.82, 2.24) is 0 Å². The van der Waals surface area contributed by atoms with E-state index in [-0.39, 0.29) is 11.4 Å². The van der Waals surface area contributed by atoms with Gasteiger partial charge in [-0.05, 0) is 70.5 Å². The molecule has 1 atom stereocenters. The second kappa shape index (κ2) is 8.70. The fourth-order valence-electron chi connectivity index (χ4n) is 3.10. The summed E-state index contributed by atoms with van der Waals surface area (Å²) in [5, 5.41) is 3.57. The quantitative estimate of drug-likeness (QED) is 0.483. The Morgan fingerprint density at radius 3 is 2.48 bits per heavy atom. The number of ether oxygens (including phenoxy) is 1. The highest BCUT2D eigenvalue weighted by atomic mass is 79.9. The van der Waals surface area contributed by atoms with Gasteiger partial charge in [-0.15, -0.1) is 0 Å². The molecule has 1 heterocycles. The minimum absolute atomic E-state index is 0.0625. The molecule has 10 heteroatoms. The number of nitrogens with zero attached hydrogens (tertiary/aromatic N) is 1. The number of para-hydroxylation sites is 2. The van der Waals surface area contributed by atoms with Crippen molar-refractivity contribution >= 4 is 66.4 Å². The van der Waals surface area contributed by atoms with E-state index in [2.05, 4.69) is 21.2 Å². The molecule has 1 unspecified atom stereocenters. The van der Waals surface area contributed by atoms with Crippen LogP contribution in [0.5, 0.6) is 5.75 Å². The molecule has 1 N–H and O–H groups in total. The van der Waals surface area contributed by atoms with Crippen molar-refractivity contribution in [3.63, 3.8) is 0 Å². The summed E-state index contributed by atoms with van der Waals surface area (Å²) < 4.78 is 34.4. The first kappa shape index (κ1) is 22.0. The molecule has 0 bridgehead atoms. The van der Waals surface area contributed by atoms with Crippen LogP contribution in [0.2, 0.25) is 10.0 Å². The second-order valence-electron chi connectivity index (χ2n) is 6.68. The maximum atomic E-state index is 13.3. The van der Waals surface area contributed by atoms with Gasteiger partial charge in [0.1, 0.15) is 5.75 Å². The molecule has 1 aliphatic heterocycles. The molecule has 0 saturated carbocycles. The lowest BCUT2D eigenvalue weighted by molar-refractivity contribution is -0.122. The van der Waals surface area contributed by atoms with E-state index in [0.717, 1.165) is 0 Å². The fraction of sp³-hybridized carbons (Fsp3) is 0.0952.